The standard InChI is InChI=1S/C45H51ClN10O7/c1-26(2)55-34-7-4-28(20-27(34)21-36(43(55)62)63-24-38(58)47-3)49-39-33(46)23-48-44(51-39)53-15-10-29(11-16-53)54-19-14-45(25-54)12-17-52(18-13-45)30-5-6-31-32(22-30)42(61)56(41(31)60)35-8-9-37(57)50-40(35)59/h4-7,20-23,26,29,35H,8-19,24-25H2,1-3H3,(H,47,58)(H,48,49,51)(H,50,57,59). The van der Waals surface area contributed by atoms with Crippen molar-refractivity contribution in [3.63, 3.8) is 0 Å². The summed E-state index contributed by atoms with van der Waals surface area (Å²) in [7, 11) is 1.51. The molecule has 5 aliphatic heterocycles. The number of nitrogens with zero attached hydrogens (tertiary/aromatic N) is 7. The van der Waals surface area contributed by atoms with Crippen LogP contribution in [0, 0.1) is 5.41 Å². The Balaban J connectivity index is 0.800. The van der Waals surface area contributed by atoms with E-state index in [2.05, 4.69) is 35.6 Å². The molecule has 1 atom stereocenters. The first-order valence-corrected chi connectivity index (χ1v) is 22.1. The van der Waals surface area contributed by atoms with Crippen LogP contribution in [0.1, 0.15) is 85.6 Å². The van der Waals surface area contributed by atoms with Crippen molar-refractivity contribution in [2.24, 2.45) is 5.41 Å². The molecule has 0 aliphatic carbocycles. The lowest BCUT2D eigenvalue weighted by atomic mass is 9.77. The van der Waals surface area contributed by atoms with Crippen molar-refractivity contribution in [1.29, 1.82) is 0 Å². The van der Waals surface area contributed by atoms with Gasteiger partial charge >= 0.3 is 0 Å². The van der Waals surface area contributed by atoms with E-state index in [9.17, 15) is 28.8 Å². The highest BCUT2D eigenvalue weighted by Crippen LogP contribution is 2.43. The molecule has 3 N–H and O–H groups in total. The van der Waals surface area contributed by atoms with Crippen LogP contribution in [0.15, 0.2) is 53.5 Å². The number of hydrogen-bond donors (Lipinski definition) is 3. The highest BCUT2D eigenvalue weighted by molar-refractivity contribution is 6.33. The molecule has 5 amide bonds. The number of rotatable bonds is 10. The van der Waals surface area contributed by atoms with Gasteiger partial charge in [-0.1, -0.05) is 11.6 Å². The van der Waals surface area contributed by atoms with Gasteiger partial charge in [-0.25, -0.2) is 4.98 Å². The summed E-state index contributed by atoms with van der Waals surface area (Å²) in [6, 6.07) is 12.0. The van der Waals surface area contributed by atoms with E-state index in [0.29, 0.717) is 39.6 Å². The first-order chi connectivity index (χ1) is 30.3. The lowest BCUT2D eigenvalue weighted by Crippen LogP contribution is -2.54. The van der Waals surface area contributed by atoms with Crippen LogP contribution < -0.4 is 36.0 Å². The number of likely N-dealkylation sites (N-methyl/N-ethyl adjacent to an activating group) is 1. The first kappa shape index (κ1) is 42.2. The zero-order valence-corrected chi connectivity index (χ0v) is 36.4. The van der Waals surface area contributed by atoms with Crippen LogP contribution in [-0.4, -0.2) is 119 Å². The van der Waals surface area contributed by atoms with Crippen LogP contribution in [0.4, 0.5) is 23.1 Å². The number of amides is 5. The van der Waals surface area contributed by atoms with Crippen molar-refractivity contribution in [1.82, 2.24) is 35.0 Å². The van der Waals surface area contributed by atoms with Crippen LogP contribution in [0.2, 0.25) is 5.02 Å². The minimum atomic E-state index is -0.981. The smallest absolute Gasteiger partial charge is 0.293 e. The maximum absolute atomic E-state index is 13.4. The van der Waals surface area contributed by atoms with E-state index < -0.39 is 29.7 Å². The van der Waals surface area contributed by atoms with Gasteiger partial charge in [-0.3, -0.25) is 43.9 Å². The summed E-state index contributed by atoms with van der Waals surface area (Å²) in [5.74, 6) is -1.15. The Morgan fingerprint density at radius 1 is 0.921 bits per heavy atom. The van der Waals surface area contributed by atoms with E-state index in [1.54, 1.807) is 29.0 Å². The second-order valence-electron chi connectivity index (χ2n) is 17.6. The van der Waals surface area contributed by atoms with Crippen molar-refractivity contribution >= 4 is 75.2 Å². The molecule has 18 heteroatoms. The van der Waals surface area contributed by atoms with Crippen LogP contribution in [-0.2, 0) is 14.4 Å². The molecule has 0 radical (unpaired) electrons. The Bertz CT molecular complexity index is 2580. The van der Waals surface area contributed by atoms with Gasteiger partial charge in [0.1, 0.15) is 11.1 Å². The van der Waals surface area contributed by atoms with Gasteiger partial charge in [-0.2, -0.15) is 4.98 Å². The summed E-state index contributed by atoms with van der Waals surface area (Å²) >= 11 is 6.63. The molecule has 0 saturated carbocycles. The van der Waals surface area contributed by atoms with Gasteiger partial charge in [0.2, 0.25) is 17.8 Å². The number of imide groups is 2. The van der Waals surface area contributed by atoms with Crippen LogP contribution in [0.3, 0.4) is 0 Å². The molecular weight excluding hydrogens is 828 g/mol. The molecule has 4 aromatic rings. The second kappa shape index (κ2) is 16.9. The number of piperidine rings is 3. The molecule has 0 bridgehead atoms. The Hall–Kier alpha value is -6.07. The van der Waals surface area contributed by atoms with E-state index in [1.807, 2.05) is 38.1 Å². The van der Waals surface area contributed by atoms with Gasteiger partial charge < -0.3 is 29.7 Å². The lowest BCUT2D eigenvalue weighted by molar-refractivity contribution is -0.136. The fourth-order valence-corrected chi connectivity index (χ4v) is 10.1. The number of carbonyl (C=O) groups excluding carboxylic acids is 5. The van der Waals surface area contributed by atoms with Gasteiger partial charge in [0.05, 0.1) is 22.8 Å². The molecule has 9 rings (SSSR count). The van der Waals surface area contributed by atoms with Crippen LogP contribution >= 0.6 is 11.6 Å². The van der Waals surface area contributed by atoms with Crippen LogP contribution in [0.25, 0.3) is 10.9 Å². The van der Waals surface area contributed by atoms with Crippen molar-refractivity contribution in [2.75, 3.05) is 68.0 Å². The van der Waals surface area contributed by atoms with Gasteiger partial charge in [-0.05, 0) is 107 Å². The van der Waals surface area contributed by atoms with Gasteiger partial charge in [0, 0.05) is 75.0 Å². The number of benzene rings is 2. The number of aromatic nitrogens is 3. The summed E-state index contributed by atoms with van der Waals surface area (Å²) in [4.78, 5) is 93.6. The average Bonchev–Trinajstić information content (AvgIpc) is 3.80. The molecule has 1 unspecified atom stereocenters. The molecule has 5 aliphatic rings. The Kier molecular flexibility index (Phi) is 11.3. The Morgan fingerprint density at radius 2 is 1.67 bits per heavy atom. The van der Waals surface area contributed by atoms with E-state index in [1.165, 1.54) is 7.05 Å². The predicted octanol–water partition coefficient (Wildman–Crippen LogP) is 4.26. The third-order valence-corrected chi connectivity index (χ3v) is 13.8. The molecule has 4 saturated heterocycles. The molecule has 17 nitrogen and oxygen atoms in total. The third-order valence-electron chi connectivity index (χ3n) is 13.5. The fraction of sp³-hybridized carbons (Fsp3) is 0.467. The zero-order chi connectivity index (χ0) is 44.2. The van der Waals surface area contributed by atoms with E-state index in [0.717, 1.165) is 92.9 Å². The number of fused-ring (bicyclic) bond motifs is 2. The number of halogens is 1. The summed E-state index contributed by atoms with van der Waals surface area (Å²) in [5.41, 5.74) is 2.87. The third kappa shape index (κ3) is 8.08. The van der Waals surface area contributed by atoms with Gasteiger partial charge in [-0.15, -0.1) is 0 Å². The van der Waals surface area contributed by atoms with Crippen molar-refractivity contribution in [2.45, 2.75) is 76.9 Å². The SMILES string of the molecule is CNC(=O)COc1cc2cc(Nc3nc(N4CCC(N5CCC6(CCN(c7ccc8c(c7)C(=O)N(C7CCC(=O)NC7=O)C8=O)CC6)C5)CC4)ncc3Cl)ccc2n(C(C)C)c1=O. The van der Waals surface area contributed by atoms with Crippen molar-refractivity contribution in [3.05, 3.63) is 75.2 Å². The number of hydrogen-bond acceptors (Lipinski definition) is 13. The fourth-order valence-electron chi connectivity index (χ4n) is 9.98. The normalized spacial score (nSPS) is 20.5. The van der Waals surface area contributed by atoms with Crippen LogP contribution in [0.5, 0.6) is 5.75 Å². The second-order valence-corrected chi connectivity index (χ2v) is 18.0. The average molecular weight is 879 g/mol. The lowest BCUT2D eigenvalue weighted by Gasteiger charge is -2.42. The molecule has 1 spiro atoms. The topological polar surface area (TPSA) is 191 Å². The number of carbonyl (C=O) groups is 5. The number of likely N-dealkylation sites (tertiary alicyclic amines) is 1. The quantitative estimate of drug-likeness (QED) is 0.192. The molecular formula is C45H51ClN10O7. The van der Waals surface area contributed by atoms with Crippen molar-refractivity contribution < 1.29 is 28.7 Å². The largest absolute Gasteiger partial charge is 0.478 e. The molecule has 330 valence electrons. The number of nitrogens with one attached hydrogen (secondary N) is 3. The van der Waals surface area contributed by atoms with Crippen molar-refractivity contribution in [3.8, 4) is 5.75 Å². The monoisotopic (exact) mass is 878 g/mol. The minimum absolute atomic E-state index is 0.0866. The highest BCUT2D eigenvalue weighted by atomic mass is 35.5. The Labute approximate surface area is 369 Å². The zero-order valence-electron chi connectivity index (χ0n) is 35.6. The number of ether oxygens (including phenoxy) is 1. The highest BCUT2D eigenvalue weighted by Gasteiger charge is 2.46. The van der Waals surface area contributed by atoms with E-state index in [-0.39, 0.29) is 48.1 Å². The van der Waals surface area contributed by atoms with Gasteiger partial charge in [0.25, 0.3) is 23.3 Å². The summed E-state index contributed by atoms with van der Waals surface area (Å²) < 4.78 is 7.27. The summed E-state index contributed by atoms with van der Waals surface area (Å²) in [6.45, 7) is 9.00. The molecule has 2 aromatic heterocycles. The first-order valence-electron chi connectivity index (χ1n) is 21.7. The number of pyridine rings is 1. The maximum Gasteiger partial charge on any atom is 0.293 e. The van der Waals surface area contributed by atoms with E-state index >= 15 is 0 Å². The molecule has 63 heavy (non-hydrogen) atoms. The molecule has 7 heterocycles. The summed E-state index contributed by atoms with van der Waals surface area (Å²) in [6.07, 6.45) is 7.02. The maximum atomic E-state index is 13.4. The summed E-state index contributed by atoms with van der Waals surface area (Å²) in [5, 5.41) is 9.23. The number of anilines is 4. The predicted molar refractivity (Wildman–Crippen MR) is 237 cm³/mol. The minimum Gasteiger partial charge on any atom is -0.478 e. The Morgan fingerprint density at radius 3 is 2.40 bits per heavy atom. The van der Waals surface area contributed by atoms with Gasteiger partial charge in [0.15, 0.2) is 18.2 Å². The van der Waals surface area contributed by atoms with E-state index in [4.69, 9.17) is 21.3 Å². The molecule has 2 aromatic carbocycles. The molecule has 4 fully saturated rings.